The quantitative estimate of drug-likeness (QED) is 0.744. The number of rotatable bonds is 3. The van der Waals surface area contributed by atoms with E-state index in [9.17, 15) is 8.42 Å². The van der Waals surface area contributed by atoms with E-state index in [0.717, 1.165) is 6.92 Å². The fraction of sp³-hybridized carbons (Fsp3) is 0.333. The number of ether oxygens (including phenoxy) is 1. The zero-order valence-electron chi connectivity index (χ0n) is 9.44. The summed E-state index contributed by atoms with van der Waals surface area (Å²) in [6, 6.07) is 5.97. The highest BCUT2D eigenvalue weighted by Crippen LogP contribution is 2.23. The van der Waals surface area contributed by atoms with Gasteiger partial charge in [0.05, 0.1) is 12.8 Å². The smallest absolute Gasteiger partial charge is 0.181 e. The highest BCUT2D eigenvalue weighted by Gasteiger charge is 2.15. The summed E-state index contributed by atoms with van der Waals surface area (Å²) in [5.41, 5.74) is -2.32. The van der Waals surface area contributed by atoms with E-state index < -0.39 is 15.5 Å². The molecule has 0 spiro atoms. The number of methoxy groups -OCH3 is 1. The standard InChI is InChI=1S/C9H12O3S/c1-3-13(10,11)9-7-5-4-6-8(9)12-2/h4-7H,3H2,1-2H3/i3DH/t3-/m1/s1. The molecule has 0 saturated heterocycles. The molecule has 0 aromatic heterocycles. The summed E-state index contributed by atoms with van der Waals surface area (Å²) in [4.78, 5) is -0.125. The minimum Gasteiger partial charge on any atom is -0.495 e. The molecular weight excluding hydrogens is 188 g/mol. The van der Waals surface area contributed by atoms with Gasteiger partial charge >= 0.3 is 0 Å². The van der Waals surface area contributed by atoms with Gasteiger partial charge in [0.15, 0.2) is 9.84 Å². The van der Waals surface area contributed by atoms with Crippen molar-refractivity contribution in [2.24, 2.45) is 0 Å². The van der Waals surface area contributed by atoms with Crippen molar-refractivity contribution in [1.82, 2.24) is 0 Å². The van der Waals surface area contributed by atoms with Crippen LogP contribution in [0, 0.1) is 0 Å². The van der Waals surface area contributed by atoms with Gasteiger partial charge in [0, 0.05) is 2.74 Å². The Morgan fingerprint density at radius 2 is 2.23 bits per heavy atom. The Morgan fingerprint density at radius 1 is 1.62 bits per heavy atom. The van der Waals surface area contributed by atoms with Crippen LogP contribution in [-0.4, -0.2) is 21.2 Å². The van der Waals surface area contributed by atoms with Gasteiger partial charge in [-0.3, -0.25) is 0 Å². The molecule has 3 nitrogen and oxygen atoms in total. The molecule has 1 aromatic rings. The van der Waals surface area contributed by atoms with Crippen LogP contribution in [0.3, 0.4) is 0 Å². The van der Waals surface area contributed by atoms with Crippen molar-refractivity contribution in [2.75, 3.05) is 12.8 Å². The Kier molecular flexibility index (Phi) is 2.15. The molecule has 0 amide bonds. The molecule has 1 aromatic carbocycles. The van der Waals surface area contributed by atoms with E-state index in [2.05, 4.69) is 0 Å². The number of hydrogen-bond donors (Lipinski definition) is 0. The van der Waals surface area contributed by atoms with Crippen LogP contribution in [0.25, 0.3) is 0 Å². The van der Waals surface area contributed by atoms with Crippen LogP contribution in [0.2, 0.25) is 0 Å². The SMILES string of the molecule is [1H][C@@]([2H])(C)S(=O)(=O)c1ccccc1OC. The van der Waals surface area contributed by atoms with Crippen molar-refractivity contribution >= 4 is 9.84 Å². The van der Waals surface area contributed by atoms with Crippen LogP contribution in [-0.2, 0) is 9.84 Å². The number of sulfone groups is 1. The van der Waals surface area contributed by atoms with E-state index in [-0.39, 0.29) is 10.6 Å². The second-order valence-electron chi connectivity index (χ2n) is 2.36. The zero-order valence-corrected chi connectivity index (χ0v) is 8.26. The van der Waals surface area contributed by atoms with Gasteiger partial charge in [-0.15, -0.1) is 0 Å². The Labute approximate surface area is 81.1 Å². The normalized spacial score (nSPS) is 18.3. The van der Waals surface area contributed by atoms with Gasteiger partial charge in [0.1, 0.15) is 10.6 Å². The maximum Gasteiger partial charge on any atom is 0.181 e. The van der Waals surface area contributed by atoms with Crippen LogP contribution in [0.1, 0.15) is 9.67 Å². The van der Waals surface area contributed by atoms with E-state index in [4.69, 9.17) is 7.48 Å². The third kappa shape index (κ3) is 2.01. The van der Waals surface area contributed by atoms with Gasteiger partial charge in [-0.25, -0.2) is 8.42 Å². The molecule has 1 rings (SSSR count). The summed E-state index contributed by atoms with van der Waals surface area (Å²) in [5, 5.41) is 0. The number of para-hydroxylation sites is 1. The molecule has 13 heavy (non-hydrogen) atoms. The minimum absolute atomic E-state index is 0.125. The van der Waals surface area contributed by atoms with Crippen LogP contribution in [0.5, 0.6) is 5.75 Å². The summed E-state index contributed by atoms with van der Waals surface area (Å²) in [6.45, 7) is 1.01. The Hall–Kier alpha value is -1.03. The lowest BCUT2D eigenvalue weighted by Gasteiger charge is -2.06. The lowest BCUT2D eigenvalue weighted by atomic mass is 10.3. The second kappa shape index (κ2) is 3.79. The number of benzene rings is 1. The van der Waals surface area contributed by atoms with Gasteiger partial charge < -0.3 is 4.74 Å². The van der Waals surface area contributed by atoms with Gasteiger partial charge in [-0.05, 0) is 12.1 Å². The first kappa shape index (κ1) is 7.38. The van der Waals surface area contributed by atoms with Gasteiger partial charge in [-0.1, -0.05) is 19.1 Å². The first-order valence-corrected chi connectivity index (χ1v) is 5.16. The molecular formula is C9H12O3S. The first-order chi connectivity index (χ1) is 6.80. The average molecular weight is 201 g/mol. The fourth-order valence-corrected chi connectivity index (χ4v) is 1.84. The maximum atomic E-state index is 11.8. The molecule has 0 aliphatic rings. The lowest BCUT2D eigenvalue weighted by molar-refractivity contribution is 0.403. The maximum absolute atomic E-state index is 11.8. The predicted molar refractivity (Wildman–Crippen MR) is 50.7 cm³/mol. The van der Waals surface area contributed by atoms with Crippen LogP contribution in [0.4, 0.5) is 0 Å². The molecule has 0 fully saturated rings. The Balaban J connectivity index is 3.41. The highest BCUT2D eigenvalue weighted by atomic mass is 32.2. The van der Waals surface area contributed by atoms with E-state index >= 15 is 0 Å². The third-order valence-electron chi connectivity index (χ3n) is 1.63. The van der Waals surface area contributed by atoms with Crippen molar-refractivity contribution in [2.45, 2.75) is 11.8 Å². The molecule has 0 heterocycles. The summed E-state index contributed by atoms with van der Waals surface area (Å²) in [5.74, 6) is 0.156. The van der Waals surface area contributed by atoms with E-state index in [1.165, 1.54) is 25.3 Å². The van der Waals surface area contributed by atoms with Crippen molar-refractivity contribution < 1.29 is 15.9 Å². The molecule has 0 aliphatic heterocycles. The second-order valence-corrected chi connectivity index (χ2v) is 4.21. The van der Waals surface area contributed by atoms with E-state index in [1.807, 2.05) is 0 Å². The van der Waals surface area contributed by atoms with E-state index in [1.54, 1.807) is 6.07 Å². The van der Waals surface area contributed by atoms with Crippen molar-refractivity contribution in [3.63, 3.8) is 0 Å². The highest BCUT2D eigenvalue weighted by molar-refractivity contribution is 7.91. The van der Waals surface area contributed by atoms with Gasteiger partial charge in [-0.2, -0.15) is 0 Å². The largest absolute Gasteiger partial charge is 0.495 e. The lowest BCUT2D eigenvalue weighted by Crippen LogP contribution is -2.05. The topological polar surface area (TPSA) is 43.4 Å². The molecule has 72 valence electrons. The third-order valence-corrected chi connectivity index (χ3v) is 3.08. The average Bonchev–Trinajstić information content (AvgIpc) is 2.16. The van der Waals surface area contributed by atoms with Crippen molar-refractivity contribution in [1.29, 1.82) is 0 Å². The molecule has 0 unspecified atom stereocenters. The Morgan fingerprint density at radius 3 is 2.77 bits per heavy atom. The zero-order chi connectivity index (χ0) is 11.7. The monoisotopic (exact) mass is 201 g/mol. The van der Waals surface area contributed by atoms with Gasteiger partial charge in [0.2, 0.25) is 0 Å². The molecule has 1 atom stereocenters. The molecule has 0 N–H and O–H groups in total. The number of hydrogen-bond acceptors (Lipinski definition) is 3. The molecule has 0 saturated carbocycles. The summed E-state index contributed by atoms with van der Waals surface area (Å²) in [6.07, 6.45) is 0. The molecule has 0 aliphatic carbocycles. The van der Waals surface area contributed by atoms with Crippen molar-refractivity contribution in [3.8, 4) is 5.75 Å². The first-order valence-electron chi connectivity index (χ1n) is 4.68. The van der Waals surface area contributed by atoms with E-state index in [0.29, 0.717) is 0 Å². The van der Waals surface area contributed by atoms with Crippen LogP contribution >= 0.6 is 0 Å². The van der Waals surface area contributed by atoms with Crippen LogP contribution < -0.4 is 4.74 Å². The molecule has 0 bridgehead atoms. The summed E-state index contributed by atoms with van der Waals surface area (Å²) < 4.78 is 43.0. The van der Waals surface area contributed by atoms with Gasteiger partial charge in [0.25, 0.3) is 0 Å². The molecule has 0 radical (unpaired) electrons. The summed E-state index contributed by atoms with van der Waals surface area (Å²) >= 11 is 0. The minimum atomic E-state index is -4.01. The molecule has 4 heteroatoms. The van der Waals surface area contributed by atoms with Crippen LogP contribution in [0.15, 0.2) is 29.2 Å². The predicted octanol–water partition coefficient (Wildman–Crippen LogP) is 1.49. The summed E-state index contributed by atoms with van der Waals surface area (Å²) in [7, 11) is -2.66. The van der Waals surface area contributed by atoms with Crippen molar-refractivity contribution in [3.05, 3.63) is 24.3 Å². The fourth-order valence-electron chi connectivity index (χ4n) is 0.951. The Bertz CT molecular complexity index is 449.